The molecule has 3 aromatic carbocycles. The molecule has 8 heteroatoms. The van der Waals surface area contributed by atoms with Gasteiger partial charge in [-0.25, -0.2) is 9.59 Å². The average Bonchev–Trinajstić information content (AvgIpc) is 3.03. The number of rotatable bonds is 12. The topological polar surface area (TPSA) is 80.3 Å². The van der Waals surface area contributed by atoms with Gasteiger partial charge in [0.15, 0.2) is 12.4 Å². The van der Waals surface area contributed by atoms with E-state index >= 15 is 0 Å². The third-order valence-electron chi connectivity index (χ3n) is 8.42. The van der Waals surface area contributed by atoms with Crippen LogP contribution in [0.3, 0.4) is 0 Å². The maximum absolute atomic E-state index is 13.4. The highest BCUT2D eigenvalue weighted by Crippen LogP contribution is 2.40. The van der Waals surface area contributed by atoms with Gasteiger partial charge in [0.05, 0.1) is 23.9 Å². The Morgan fingerprint density at radius 1 is 0.854 bits per heavy atom. The van der Waals surface area contributed by atoms with Gasteiger partial charge in [-0.3, -0.25) is 0 Å². The van der Waals surface area contributed by atoms with Crippen molar-refractivity contribution in [3.05, 3.63) is 109 Å². The van der Waals surface area contributed by atoms with E-state index < -0.39 is 32.3 Å². The Kier molecular flexibility index (Phi) is 12.6. The van der Waals surface area contributed by atoms with Crippen LogP contribution in [0.1, 0.15) is 85.0 Å². The molecule has 0 amide bonds. The molecule has 48 heavy (non-hydrogen) atoms. The fourth-order valence-electron chi connectivity index (χ4n) is 6.13. The standard InChI is InChI=1S/C40H52O7Si/c1-29(20-18-19-27-36(41)46-39(3,4)5)43-38-35(45-37(42)31-21-12-9-13-22-31)28-34(30(2)44-38)47-48(40(6,7)8,32-23-14-10-15-24-32)33-25-16-11-17-26-33/h9-17,19,21-27,29-30,34-35,38H,18,20,28H2,1-8H3/b27-19+/t29?,30-,34+,35+,38+/m0/s1. The molecule has 1 unspecified atom stereocenters. The molecule has 1 aliphatic heterocycles. The predicted molar refractivity (Wildman–Crippen MR) is 192 cm³/mol. The number of hydrogen-bond acceptors (Lipinski definition) is 7. The fraction of sp³-hybridized carbons (Fsp3) is 0.450. The van der Waals surface area contributed by atoms with Gasteiger partial charge in [0.1, 0.15) is 5.60 Å². The van der Waals surface area contributed by atoms with E-state index in [2.05, 4.69) is 69.3 Å². The van der Waals surface area contributed by atoms with Crippen molar-refractivity contribution in [1.29, 1.82) is 0 Å². The molecule has 0 aromatic heterocycles. The highest BCUT2D eigenvalue weighted by Gasteiger charge is 2.53. The third kappa shape index (κ3) is 9.75. The number of ether oxygens (including phenoxy) is 4. The monoisotopic (exact) mass is 672 g/mol. The van der Waals surface area contributed by atoms with E-state index in [0.717, 1.165) is 0 Å². The van der Waals surface area contributed by atoms with Crippen molar-refractivity contribution < 1.29 is 33.0 Å². The van der Waals surface area contributed by atoms with E-state index in [1.807, 2.05) is 65.0 Å². The zero-order valence-corrected chi connectivity index (χ0v) is 30.7. The molecule has 1 heterocycles. The summed E-state index contributed by atoms with van der Waals surface area (Å²) in [5, 5.41) is 2.10. The summed E-state index contributed by atoms with van der Waals surface area (Å²) in [5.41, 5.74) is -0.0858. The first-order chi connectivity index (χ1) is 22.7. The molecule has 1 saturated heterocycles. The summed E-state index contributed by atoms with van der Waals surface area (Å²) >= 11 is 0. The van der Waals surface area contributed by atoms with E-state index in [4.69, 9.17) is 23.4 Å². The second-order valence-corrected chi connectivity index (χ2v) is 18.8. The molecular formula is C40H52O7Si. The minimum absolute atomic E-state index is 0.236. The summed E-state index contributed by atoms with van der Waals surface area (Å²) < 4.78 is 31.9. The van der Waals surface area contributed by atoms with Crippen molar-refractivity contribution in [3.63, 3.8) is 0 Å². The Bertz CT molecular complexity index is 1440. The first-order valence-electron chi connectivity index (χ1n) is 16.9. The molecule has 3 aromatic rings. The van der Waals surface area contributed by atoms with E-state index in [-0.39, 0.29) is 29.3 Å². The predicted octanol–water partition coefficient (Wildman–Crippen LogP) is 7.38. The Balaban J connectivity index is 1.58. The van der Waals surface area contributed by atoms with Crippen LogP contribution in [0, 0.1) is 0 Å². The molecular weight excluding hydrogens is 621 g/mol. The summed E-state index contributed by atoms with van der Waals surface area (Å²) in [5.74, 6) is -0.815. The van der Waals surface area contributed by atoms with Crippen LogP contribution in [0.15, 0.2) is 103 Å². The first-order valence-corrected chi connectivity index (χ1v) is 18.9. The smallest absolute Gasteiger partial charge is 0.338 e. The number of esters is 2. The Hall–Kier alpha value is -3.56. The number of carbonyl (C=O) groups excluding carboxylic acids is 2. The maximum atomic E-state index is 13.4. The molecule has 0 radical (unpaired) electrons. The molecule has 5 atom stereocenters. The first kappa shape index (κ1) is 37.3. The maximum Gasteiger partial charge on any atom is 0.338 e. The van der Waals surface area contributed by atoms with E-state index in [1.54, 1.807) is 18.2 Å². The van der Waals surface area contributed by atoms with Crippen LogP contribution < -0.4 is 10.4 Å². The molecule has 0 saturated carbocycles. The molecule has 1 aliphatic rings. The van der Waals surface area contributed by atoms with Crippen molar-refractivity contribution in [2.75, 3.05) is 0 Å². The highest BCUT2D eigenvalue weighted by atomic mass is 28.4. The number of hydrogen-bond donors (Lipinski definition) is 0. The summed E-state index contributed by atoms with van der Waals surface area (Å²) in [6.07, 6.45) is 2.42. The van der Waals surface area contributed by atoms with Crippen molar-refractivity contribution in [2.45, 2.75) is 116 Å². The second kappa shape index (κ2) is 16.2. The summed E-state index contributed by atoms with van der Waals surface area (Å²) in [6.45, 7) is 16.2. The van der Waals surface area contributed by atoms with Gasteiger partial charge in [-0.2, -0.15) is 0 Å². The zero-order chi connectivity index (χ0) is 35.0. The lowest BCUT2D eigenvalue weighted by Crippen LogP contribution is -2.69. The van der Waals surface area contributed by atoms with Crippen molar-refractivity contribution in [1.82, 2.24) is 0 Å². The Labute approximate surface area is 287 Å². The highest BCUT2D eigenvalue weighted by molar-refractivity contribution is 6.99. The van der Waals surface area contributed by atoms with Gasteiger partial charge in [-0.1, -0.05) is 106 Å². The van der Waals surface area contributed by atoms with Gasteiger partial charge < -0.3 is 23.4 Å². The quantitative estimate of drug-likeness (QED) is 0.113. The van der Waals surface area contributed by atoms with Crippen LogP contribution in [-0.4, -0.2) is 56.6 Å². The van der Waals surface area contributed by atoms with Crippen LogP contribution in [0.4, 0.5) is 0 Å². The third-order valence-corrected chi connectivity index (χ3v) is 13.5. The minimum atomic E-state index is -2.92. The number of allylic oxidation sites excluding steroid dienone is 1. The number of carbonyl (C=O) groups is 2. The van der Waals surface area contributed by atoms with E-state index in [9.17, 15) is 9.59 Å². The lowest BCUT2D eigenvalue weighted by atomic mass is 10.0. The van der Waals surface area contributed by atoms with E-state index in [0.29, 0.717) is 24.8 Å². The molecule has 4 rings (SSSR count). The zero-order valence-electron chi connectivity index (χ0n) is 29.7. The molecule has 7 nitrogen and oxygen atoms in total. The van der Waals surface area contributed by atoms with Crippen molar-refractivity contribution in [3.8, 4) is 0 Å². The molecule has 0 N–H and O–H groups in total. The summed E-state index contributed by atoms with van der Waals surface area (Å²) in [6, 6.07) is 29.9. The van der Waals surface area contributed by atoms with Gasteiger partial charge >= 0.3 is 11.9 Å². The lowest BCUT2D eigenvalue weighted by Gasteiger charge is -2.48. The lowest BCUT2D eigenvalue weighted by molar-refractivity contribution is -0.270. The fourth-order valence-corrected chi connectivity index (χ4v) is 10.9. The minimum Gasteiger partial charge on any atom is -0.457 e. The van der Waals surface area contributed by atoms with Gasteiger partial charge in [0, 0.05) is 12.5 Å². The summed E-state index contributed by atoms with van der Waals surface area (Å²) in [7, 11) is -2.92. The normalized spacial score (nSPS) is 21.1. The SMILES string of the molecule is CC(CC/C=C/C(=O)OC(C)(C)C)O[C@@H]1O[C@@H](C)[C@H](O[Si](c2ccccc2)(c2ccccc2)C(C)(C)C)C[C@H]1OC(=O)c1ccccc1. The molecule has 0 bridgehead atoms. The van der Waals surface area contributed by atoms with Crippen LogP contribution >= 0.6 is 0 Å². The Morgan fingerprint density at radius 3 is 1.92 bits per heavy atom. The molecule has 1 fully saturated rings. The van der Waals surface area contributed by atoms with E-state index in [1.165, 1.54) is 16.4 Å². The molecule has 0 spiro atoms. The van der Waals surface area contributed by atoms with Gasteiger partial charge in [0.2, 0.25) is 0 Å². The van der Waals surface area contributed by atoms with Gasteiger partial charge in [-0.05, 0) is 75.0 Å². The second-order valence-electron chi connectivity index (χ2n) is 14.5. The van der Waals surface area contributed by atoms with Crippen LogP contribution in [0.5, 0.6) is 0 Å². The van der Waals surface area contributed by atoms with Gasteiger partial charge in [-0.15, -0.1) is 0 Å². The van der Waals surface area contributed by atoms with Crippen molar-refractivity contribution >= 4 is 30.6 Å². The van der Waals surface area contributed by atoms with Crippen LogP contribution in [0.25, 0.3) is 0 Å². The average molecular weight is 673 g/mol. The van der Waals surface area contributed by atoms with Gasteiger partial charge in [0.25, 0.3) is 8.32 Å². The Morgan fingerprint density at radius 2 is 1.40 bits per heavy atom. The van der Waals surface area contributed by atoms with Crippen LogP contribution in [-0.2, 0) is 28.2 Å². The largest absolute Gasteiger partial charge is 0.457 e. The number of benzene rings is 3. The molecule has 0 aliphatic carbocycles. The van der Waals surface area contributed by atoms with Crippen LogP contribution in [0.2, 0.25) is 5.04 Å². The van der Waals surface area contributed by atoms with Crippen molar-refractivity contribution in [2.24, 2.45) is 0 Å². The molecule has 258 valence electrons. The summed E-state index contributed by atoms with van der Waals surface area (Å²) in [4.78, 5) is 25.4.